The van der Waals surface area contributed by atoms with Crippen molar-refractivity contribution in [2.45, 2.75) is 13.8 Å². The maximum absolute atomic E-state index is 14.5. The molecule has 0 spiro atoms. The summed E-state index contributed by atoms with van der Waals surface area (Å²) in [7, 11) is -2.73. The highest BCUT2D eigenvalue weighted by Gasteiger charge is 2.27. The fraction of sp³-hybridized carbons (Fsp3) is 0.0769. The second-order valence-corrected chi connectivity index (χ2v) is 7.97. The van der Waals surface area contributed by atoms with Crippen molar-refractivity contribution < 1.29 is 13.0 Å². The van der Waals surface area contributed by atoms with Gasteiger partial charge in [-0.1, -0.05) is 59.7 Å². The van der Waals surface area contributed by atoms with Crippen molar-refractivity contribution in [2.24, 2.45) is 4.99 Å². The first-order valence-electron chi connectivity index (χ1n) is 10.5. The molecule has 0 radical (unpaired) electrons. The van der Waals surface area contributed by atoms with Crippen LogP contribution in [0.5, 0.6) is 0 Å². The average Bonchev–Trinajstić information content (AvgIpc) is 3.55. The molecule has 0 unspecified atom stereocenters. The van der Waals surface area contributed by atoms with Crippen molar-refractivity contribution in [1.82, 2.24) is 9.46 Å². The molecular weight excluding hydrogens is 419 g/mol. The average molecular weight is 439 g/mol. The number of hydrogen-bond donors (Lipinski definition) is 0. The highest BCUT2D eigenvalue weighted by atomic mass is 19.2. The van der Waals surface area contributed by atoms with Crippen LogP contribution in [0.3, 0.4) is 0 Å². The molecule has 0 amide bonds. The zero-order chi connectivity index (χ0) is 22.9. The Balaban J connectivity index is 1.70. The van der Waals surface area contributed by atoms with E-state index in [1.54, 1.807) is 24.4 Å². The molecule has 0 aliphatic carbocycles. The van der Waals surface area contributed by atoms with E-state index in [9.17, 15) is 8.63 Å². The number of nitrogens with zero attached hydrogens (tertiary/aromatic N) is 3. The van der Waals surface area contributed by atoms with E-state index in [2.05, 4.69) is 9.98 Å². The van der Waals surface area contributed by atoms with Crippen LogP contribution < -0.4 is 0 Å². The van der Waals surface area contributed by atoms with Gasteiger partial charge in [-0.05, 0) is 49.3 Å². The molecule has 1 aliphatic heterocycles. The van der Waals surface area contributed by atoms with Gasteiger partial charge in [0.1, 0.15) is 5.71 Å². The standard InChI is InChI=1S/C26H20BF2N3O/c1-17-3-7-19(8-4-17)22-14-24(20-9-5-18(2)6-10-20)32(27(28)29)25(22)13-21-11-12-23(31-21)26-15-30-16-33-26/h3-16H,1-2H3/b21-13-. The van der Waals surface area contributed by atoms with Crippen molar-refractivity contribution >= 4 is 19.2 Å². The first kappa shape index (κ1) is 20.9. The SMILES string of the molecule is Cc1ccc(-c2cc(-c3ccc(C)cc3)n(B(F)F)c2/C=C2/C=CC(c3cnco3)=N2)cc1. The second-order valence-electron chi connectivity index (χ2n) is 7.97. The van der Waals surface area contributed by atoms with Gasteiger partial charge in [-0.2, -0.15) is 0 Å². The highest BCUT2D eigenvalue weighted by molar-refractivity contribution is 6.42. The fourth-order valence-corrected chi connectivity index (χ4v) is 3.89. The van der Waals surface area contributed by atoms with Crippen LogP contribution in [0.4, 0.5) is 8.63 Å². The predicted molar refractivity (Wildman–Crippen MR) is 128 cm³/mol. The first-order chi connectivity index (χ1) is 16.0. The molecule has 0 saturated carbocycles. The van der Waals surface area contributed by atoms with E-state index in [1.807, 2.05) is 68.4 Å². The minimum atomic E-state index is -2.73. The smallest absolute Gasteiger partial charge is 0.442 e. The largest absolute Gasteiger partial charge is 0.678 e. The fourth-order valence-electron chi connectivity index (χ4n) is 3.89. The number of aryl methyl sites for hydroxylation is 2. The van der Waals surface area contributed by atoms with Crippen molar-refractivity contribution in [3.63, 3.8) is 0 Å². The number of aliphatic imine (C=N–C) groups is 1. The summed E-state index contributed by atoms with van der Waals surface area (Å²) in [6, 6.07) is 17.3. The number of benzene rings is 2. The van der Waals surface area contributed by atoms with Crippen LogP contribution in [0.1, 0.15) is 22.6 Å². The molecule has 33 heavy (non-hydrogen) atoms. The first-order valence-corrected chi connectivity index (χ1v) is 10.5. The van der Waals surface area contributed by atoms with Crippen molar-refractivity contribution in [1.29, 1.82) is 0 Å². The summed E-state index contributed by atoms with van der Waals surface area (Å²) in [6.07, 6.45) is 8.17. The Bertz CT molecular complexity index is 1380. The Labute approximate surface area is 190 Å². The van der Waals surface area contributed by atoms with Crippen molar-refractivity contribution in [3.8, 4) is 22.4 Å². The van der Waals surface area contributed by atoms with E-state index in [-0.39, 0.29) is 0 Å². The minimum Gasteiger partial charge on any atom is -0.442 e. The van der Waals surface area contributed by atoms with Gasteiger partial charge in [-0.15, -0.1) is 0 Å². The molecule has 0 atom stereocenters. The van der Waals surface area contributed by atoms with Gasteiger partial charge < -0.3 is 8.90 Å². The van der Waals surface area contributed by atoms with E-state index in [0.717, 1.165) is 32.3 Å². The van der Waals surface area contributed by atoms with Gasteiger partial charge in [0.2, 0.25) is 0 Å². The van der Waals surface area contributed by atoms with Crippen LogP contribution in [0.15, 0.2) is 94.4 Å². The summed E-state index contributed by atoms with van der Waals surface area (Å²) < 4.78 is 35.3. The van der Waals surface area contributed by atoms with Crippen molar-refractivity contribution in [3.05, 3.63) is 108 Å². The molecular formula is C26H20BF2N3O. The van der Waals surface area contributed by atoms with Crippen LogP contribution in [0, 0.1) is 13.8 Å². The number of rotatable bonds is 5. The maximum atomic E-state index is 14.5. The molecule has 4 nitrogen and oxygen atoms in total. The molecule has 5 rings (SSSR count). The quantitative estimate of drug-likeness (QED) is 0.329. The minimum absolute atomic E-state index is 0.395. The van der Waals surface area contributed by atoms with E-state index in [0.29, 0.717) is 28.6 Å². The summed E-state index contributed by atoms with van der Waals surface area (Å²) >= 11 is 0. The lowest BCUT2D eigenvalue weighted by molar-refractivity contribution is 0.549. The Kier molecular flexibility index (Phi) is 5.38. The van der Waals surface area contributed by atoms with Gasteiger partial charge >= 0.3 is 7.40 Å². The molecule has 0 saturated heterocycles. The number of halogens is 2. The van der Waals surface area contributed by atoms with Gasteiger partial charge in [0.05, 0.1) is 11.9 Å². The molecule has 162 valence electrons. The Morgan fingerprint density at radius 3 is 2.18 bits per heavy atom. The Morgan fingerprint density at radius 2 is 1.58 bits per heavy atom. The van der Waals surface area contributed by atoms with Crippen molar-refractivity contribution in [2.75, 3.05) is 0 Å². The van der Waals surface area contributed by atoms with Gasteiger partial charge in [-0.25, -0.2) is 9.98 Å². The maximum Gasteiger partial charge on any atom is 0.678 e. The zero-order valence-corrected chi connectivity index (χ0v) is 18.2. The van der Waals surface area contributed by atoms with Crippen LogP contribution >= 0.6 is 0 Å². The number of hydrogen-bond acceptors (Lipinski definition) is 3. The number of oxazole rings is 1. The van der Waals surface area contributed by atoms with Gasteiger partial charge in [0, 0.05) is 17.0 Å². The number of allylic oxidation sites excluding steroid dienone is 2. The lowest BCUT2D eigenvalue weighted by Crippen LogP contribution is -2.16. The molecule has 7 heteroatoms. The monoisotopic (exact) mass is 439 g/mol. The van der Waals surface area contributed by atoms with Crippen LogP contribution in [0.25, 0.3) is 28.5 Å². The molecule has 2 aromatic carbocycles. The van der Waals surface area contributed by atoms with Crippen LogP contribution in [-0.4, -0.2) is 22.6 Å². The molecule has 0 bridgehead atoms. The molecule has 0 fully saturated rings. The molecule has 1 aliphatic rings. The normalized spacial score (nSPS) is 14.2. The molecule has 3 heterocycles. The number of aromatic nitrogens is 2. The Hall–Kier alpha value is -4.00. The third-order valence-electron chi connectivity index (χ3n) is 5.61. The topological polar surface area (TPSA) is 43.3 Å². The highest BCUT2D eigenvalue weighted by Crippen LogP contribution is 2.36. The summed E-state index contributed by atoms with van der Waals surface area (Å²) in [5.41, 5.74) is 6.49. The van der Waals surface area contributed by atoms with E-state index in [4.69, 9.17) is 4.42 Å². The summed E-state index contributed by atoms with van der Waals surface area (Å²) in [4.78, 5) is 8.46. The van der Waals surface area contributed by atoms with Gasteiger partial charge in [0.15, 0.2) is 12.2 Å². The third-order valence-corrected chi connectivity index (χ3v) is 5.61. The third kappa shape index (κ3) is 4.10. The van der Waals surface area contributed by atoms with E-state index >= 15 is 0 Å². The summed E-state index contributed by atoms with van der Waals surface area (Å²) in [6.45, 7) is 3.97. The molecule has 2 aromatic heterocycles. The molecule has 4 aromatic rings. The second kappa shape index (κ2) is 8.50. The van der Waals surface area contributed by atoms with Crippen LogP contribution in [0.2, 0.25) is 0 Å². The summed E-state index contributed by atoms with van der Waals surface area (Å²) in [5.74, 6) is 0.526. The Morgan fingerprint density at radius 1 is 0.909 bits per heavy atom. The van der Waals surface area contributed by atoms with Gasteiger partial charge in [-0.3, -0.25) is 8.63 Å². The van der Waals surface area contributed by atoms with E-state index < -0.39 is 7.40 Å². The summed E-state index contributed by atoms with van der Waals surface area (Å²) in [5, 5.41) is 0. The lowest BCUT2D eigenvalue weighted by atomic mass is 10.0. The zero-order valence-electron chi connectivity index (χ0n) is 18.2. The molecule has 0 N–H and O–H groups in total. The predicted octanol–water partition coefficient (Wildman–Crippen LogP) is 6.60. The van der Waals surface area contributed by atoms with Gasteiger partial charge in [0.25, 0.3) is 0 Å². The van der Waals surface area contributed by atoms with E-state index in [1.165, 1.54) is 6.39 Å². The van der Waals surface area contributed by atoms with Crippen LogP contribution in [-0.2, 0) is 0 Å². The lowest BCUT2D eigenvalue weighted by Gasteiger charge is -2.10.